The number of nitrogens with zero attached hydrogens (tertiary/aromatic N) is 1. The molecule has 0 radical (unpaired) electrons. The Labute approximate surface area is 151 Å². The number of likely N-dealkylation sites (tertiary alicyclic amines) is 1. The molecule has 0 saturated carbocycles. The van der Waals surface area contributed by atoms with E-state index in [9.17, 15) is 9.59 Å². The lowest BCUT2D eigenvalue weighted by atomic mass is 9.89. The van der Waals surface area contributed by atoms with Gasteiger partial charge in [-0.05, 0) is 57.7 Å². The van der Waals surface area contributed by atoms with Gasteiger partial charge in [-0.15, -0.1) is 0 Å². The average Bonchev–Trinajstić information content (AvgIpc) is 2.61. The Bertz CT molecular complexity index is 600. The summed E-state index contributed by atoms with van der Waals surface area (Å²) in [4.78, 5) is 26.5. The van der Waals surface area contributed by atoms with Gasteiger partial charge in [-0.3, -0.25) is 4.79 Å². The van der Waals surface area contributed by atoms with Crippen molar-refractivity contribution in [1.82, 2.24) is 15.5 Å². The van der Waals surface area contributed by atoms with Gasteiger partial charge in [-0.25, -0.2) is 4.79 Å². The highest BCUT2D eigenvalue weighted by Gasteiger charge is 2.25. The van der Waals surface area contributed by atoms with E-state index in [-0.39, 0.29) is 29.9 Å². The molecular weight excluding hydrogens is 314 g/mol. The van der Waals surface area contributed by atoms with Gasteiger partial charge in [-0.1, -0.05) is 19.1 Å². The van der Waals surface area contributed by atoms with Crippen molar-refractivity contribution in [2.45, 2.75) is 65.0 Å². The van der Waals surface area contributed by atoms with Crippen LogP contribution in [0.1, 0.15) is 68.8 Å². The highest BCUT2D eigenvalue weighted by molar-refractivity contribution is 5.94. The highest BCUT2D eigenvalue weighted by atomic mass is 16.2. The number of benzene rings is 1. The van der Waals surface area contributed by atoms with Gasteiger partial charge in [-0.2, -0.15) is 0 Å². The molecule has 1 aromatic rings. The van der Waals surface area contributed by atoms with E-state index in [0.29, 0.717) is 12.1 Å². The lowest BCUT2D eigenvalue weighted by Gasteiger charge is -2.33. The highest BCUT2D eigenvalue weighted by Crippen LogP contribution is 2.27. The van der Waals surface area contributed by atoms with Crippen molar-refractivity contribution in [3.8, 4) is 0 Å². The lowest BCUT2D eigenvalue weighted by Crippen LogP contribution is -2.47. The number of hydrogen-bond donors (Lipinski definition) is 2. The predicted molar refractivity (Wildman–Crippen MR) is 101 cm³/mol. The molecule has 2 N–H and O–H groups in total. The first-order chi connectivity index (χ1) is 11.9. The molecule has 1 aromatic carbocycles. The number of hydrogen-bond acceptors (Lipinski definition) is 2. The SMILES string of the molecule is CC[C@H](C)NC(=O)c1cccc([C@H]2CCCN(C(=O)NC(C)C)C2)c1. The monoisotopic (exact) mass is 345 g/mol. The Morgan fingerprint density at radius 3 is 2.68 bits per heavy atom. The van der Waals surface area contributed by atoms with Crippen molar-refractivity contribution in [1.29, 1.82) is 0 Å². The summed E-state index contributed by atoms with van der Waals surface area (Å²) in [5.74, 6) is 0.254. The number of rotatable bonds is 5. The van der Waals surface area contributed by atoms with Crippen molar-refractivity contribution in [3.05, 3.63) is 35.4 Å². The van der Waals surface area contributed by atoms with E-state index in [1.165, 1.54) is 0 Å². The summed E-state index contributed by atoms with van der Waals surface area (Å²) in [7, 11) is 0. The number of piperidine rings is 1. The zero-order valence-corrected chi connectivity index (χ0v) is 15.8. The second kappa shape index (κ2) is 8.88. The maximum atomic E-state index is 12.4. The Morgan fingerprint density at radius 1 is 1.24 bits per heavy atom. The van der Waals surface area contributed by atoms with Crippen LogP contribution in [0.15, 0.2) is 24.3 Å². The molecule has 1 saturated heterocycles. The van der Waals surface area contributed by atoms with Gasteiger partial charge >= 0.3 is 6.03 Å². The molecule has 0 aliphatic carbocycles. The molecule has 1 aliphatic rings. The fourth-order valence-electron chi connectivity index (χ4n) is 3.11. The van der Waals surface area contributed by atoms with Gasteiger partial charge < -0.3 is 15.5 Å². The number of amides is 3. The smallest absolute Gasteiger partial charge is 0.317 e. The van der Waals surface area contributed by atoms with Gasteiger partial charge in [0.05, 0.1) is 0 Å². The van der Waals surface area contributed by atoms with E-state index in [0.717, 1.165) is 31.4 Å². The molecule has 25 heavy (non-hydrogen) atoms. The van der Waals surface area contributed by atoms with E-state index in [1.54, 1.807) is 0 Å². The van der Waals surface area contributed by atoms with Crippen LogP contribution in [0.2, 0.25) is 0 Å². The molecule has 2 atom stereocenters. The molecule has 1 heterocycles. The third-order valence-electron chi connectivity index (χ3n) is 4.73. The van der Waals surface area contributed by atoms with Crippen LogP contribution in [0.4, 0.5) is 4.79 Å². The summed E-state index contributed by atoms with van der Waals surface area (Å²) in [6.45, 7) is 9.50. The van der Waals surface area contributed by atoms with Gasteiger partial charge in [0, 0.05) is 36.7 Å². The van der Waals surface area contributed by atoms with Crippen molar-refractivity contribution in [3.63, 3.8) is 0 Å². The Balaban J connectivity index is 2.06. The number of nitrogens with one attached hydrogen (secondary N) is 2. The first kappa shape index (κ1) is 19.3. The minimum atomic E-state index is -0.0265. The molecule has 2 rings (SSSR count). The fourth-order valence-corrected chi connectivity index (χ4v) is 3.11. The minimum absolute atomic E-state index is 0.00497. The first-order valence-electron chi connectivity index (χ1n) is 9.37. The largest absolute Gasteiger partial charge is 0.350 e. The second-order valence-corrected chi connectivity index (χ2v) is 7.30. The van der Waals surface area contributed by atoms with E-state index >= 15 is 0 Å². The molecule has 0 bridgehead atoms. The quantitative estimate of drug-likeness (QED) is 0.858. The van der Waals surface area contributed by atoms with Crippen LogP contribution in [0.5, 0.6) is 0 Å². The molecule has 1 fully saturated rings. The molecule has 0 aromatic heterocycles. The van der Waals surface area contributed by atoms with E-state index < -0.39 is 0 Å². The van der Waals surface area contributed by atoms with Crippen molar-refractivity contribution < 1.29 is 9.59 Å². The summed E-state index contributed by atoms with van der Waals surface area (Å²) in [5, 5.41) is 5.98. The fraction of sp³-hybridized carbons (Fsp3) is 0.600. The van der Waals surface area contributed by atoms with Crippen LogP contribution >= 0.6 is 0 Å². The minimum Gasteiger partial charge on any atom is -0.350 e. The summed E-state index contributed by atoms with van der Waals surface area (Å²) in [5.41, 5.74) is 1.83. The summed E-state index contributed by atoms with van der Waals surface area (Å²) < 4.78 is 0. The maximum Gasteiger partial charge on any atom is 0.317 e. The Morgan fingerprint density at radius 2 is 2.00 bits per heavy atom. The number of carbonyl (C=O) groups excluding carboxylic acids is 2. The van der Waals surface area contributed by atoms with Gasteiger partial charge in [0.25, 0.3) is 5.91 Å². The summed E-state index contributed by atoms with van der Waals surface area (Å²) >= 11 is 0. The average molecular weight is 345 g/mol. The van der Waals surface area contributed by atoms with Crippen LogP contribution in [0.25, 0.3) is 0 Å². The van der Waals surface area contributed by atoms with Gasteiger partial charge in [0.1, 0.15) is 0 Å². The topological polar surface area (TPSA) is 61.4 Å². The van der Waals surface area contributed by atoms with Gasteiger partial charge in [0.2, 0.25) is 0 Å². The standard InChI is InChI=1S/C20H31N3O2/c1-5-15(4)22-19(24)17-9-6-8-16(12-17)18-10-7-11-23(13-18)20(25)21-14(2)3/h6,8-9,12,14-15,18H,5,7,10-11,13H2,1-4H3,(H,21,25)(H,22,24)/t15-,18-/m0/s1. The van der Waals surface area contributed by atoms with E-state index in [4.69, 9.17) is 0 Å². The van der Waals surface area contributed by atoms with E-state index in [1.807, 2.05) is 43.9 Å². The van der Waals surface area contributed by atoms with E-state index in [2.05, 4.69) is 23.6 Å². The predicted octanol–water partition coefficient (Wildman–Crippen LogP) is 3.51. The van der Waals surface area contributed by atoms with Crippen LogP contribution in [0.3, 0.4) is 0 Å². The van der Waals surface area contributed by atoms with Crippen molar-refractivity contribution in [2.75, 3.05) is 13.1 Å². The third-order valence-corrected chi connectivity index (χ3v) is 4.73. The van der Waals surface area contributed by atoms with Crippen LogP contribution in [-0.4, -0.2) is 42.0 Å². The Kier molecular flexibility index (Phi) is 6.85. The van der Waals surface area contributed by atoms with Crippen molar-refractivity contribution in [2.24, 2.45) is 0 Å². The number of carbonyl (C=O) groups is 2. The van der Waals surface area contributed by atoms with Gasteiger partial charge in [0.15, 0.2) is 0 Å². The van der Waals surface area contributed by atoms with Crippen LogP contribution < -0.4 is 10.6 Å². The second-order valence-electron chi connectivity index (χ2n) is 7.30. The maximum absolute atomic E-state index is 12.4. The molecule has 1 aliphatic heterocycles. The van der Waals surface area contributed by atoms with Crippen LogP contribution in [-0.2, 0) is 0 Å². The Hall–Kier alpha value is -2.04. The normalized spacial score (nSPS) is 18.8. The van der Waals surface area contributed by atoms with Crippen LogP contribution in [0, 0.1) is 0 Å². The zero-order valence-electron chi connectivity index (χ0n) is 15.8. The number of urea groups is 1. The molecule has 5 heteroatoms. The third kappa shape index (κ3) is 5.48. The molecule has 138 valence electrons. The summed E-state index contributed by atoms with van der Waals surface area (Å²) in [6.07, 6.45) is 2.94. The molecular formula is C20H31N3O2. The molecule has 5 nitrogen and oxygen atoms in total. The summed E-state index contributed by atoms with van der Waals surface area (Å²) in [6, 6.07) is 8.15. The zero-order chi connectivity index (χ0) is 18.4. The first-order valence-corrected chi connectivity index (χ1v) is 9.37. The molecule has 0 spiro atoms. The van der Waals surface area contributed by atoms with Crippen molar-refractivity contribution >= 4 is 11.9 Å². The lowest BCUT2D eigenvalue weighted by molar-refractivity contribution is 0.0939. The molecule has 0 unspecified atom stereocenters. The molecule has 3 amide bonds.